The maximum atomic E-state index is 13.0. The second-order valence-electron chi connectivity index (χ2n) is 6.95. The first-order valence-electron chi connectivity index (χ1n) is 9.01. The number of rotatable bonds is 3. The van der Waals surface area contributed by atoms with Gasteiger partial charge in [-0.3, -0.25) is 14.3 Å². The SMILES string of the molecule is Cc1nn(C)c2c1[C@H](c1ccc(Br)cc1)[C@H](NC(=O)c1ccc(Cl)cc1)C(=O)N2. The van der Waals surface area contributed by atoms with Crippen LogP contribution in [0.5, 0.6) is 0 Å². The molecule has 148 valence electrons. The zero-order chi connectivity index (χ0) is 20.7. The molecule has 0 radical (unpaired) electrons. The van der Waals surface area contributed by atoms with Crippen molar-refractivity contribution in [3.8, 4) is 0 Å². The van der Waals surface area contributed by atoms with Gasteiger partial charge in [0, 0.05) is 33.6 Å². The van der Waals surface area contributed by atoms with E-state index in [9.17, 15) is 9.59 Å². The molecule has 0 aliphatic carbocycles. The number of aryl methyl sites for hydroxylation is 2. The lowest BCUT2D eigenvalue weighted by atomic mass is 9.82. The molecule has 3 aromatic rings. The fourth-order valence-electron chi connectivity index (χ4n) is 3.71. The number of anilines is 1. The minimum absolute atomic E-state index is 0.282. The van der Waals surface area contributed by atoms with Crippen molar-refractivity contribution in [3.63, 3.8) is 0 Å². The van der Waals surface area contributed by atoms with Crippen molar-refractivity contribution in [3.05, 3.63) is 80.4 Å². The average Bonchev–Trinajstić information content (AvgIpc) is 2.97. The van der Waals surface area contributed by atoms with E-state index < -0.39 is 6.04 Å². The molecule has 0 saturated carbocycles. The zero-order valence-corrected chi connectivity index (χ0v) is 18.1. The van der Waals surface area contributed by atoms with Crippen LogP contribution in [0.25, 0.3) is 0 Å². The van der Waals surface area contributed by atoms with Gasteiger partial charge in [-0.2, -0.15) is 5.10 Å². The predicted molar refractivity (Wildman–Crippen MR) is 115 cm³/mol. The van der Waals surface area contributed by atoms with Gasteiger partial charge in [0.05, 0.1) is 5.69 Å². The number of fused-ring (bicyclic) bond motifs is 1. The summed E-state index contributed by atoms with van der Waals surface area (Å²) in [5, 5.41) is 10.8. The van der Waals surface area contributed by atoms with Crippen LogP contribution in [-0.2, 0) is 11.8 Å². The Morgan fingerprint density at radius 3 is 2.48 bits per heavy atom. The average molecular weight is 474 g/mol. The van der Waals surface area contributed by atoms with Crippen LogP contribution >= 0.6 is 27.5 Å². The molecular formula is C21H18BrClN4O2. The molecule has 6 nitrogen and oxygen atoms in total. The summed E-state index contributed by atoms with van der Waals surface area (Å²) in [6.45, 7) is 1.90. The number of nitrogens with one attached hydrogen (secondary N) is 2. The van der Waals surface area contributed by atoms with Crippen molar-refractivity contribution in [2.24, 2.45) is 7.05 Å². The summed E-state index contributed by atoms with van der Waals surface area (Å²) in [5.41, 5.74) is 3.06. The molecule has 0 saturated heterocycles. The lowest BCUT2D eigenvalue weighted by Gasteiger charge is -2.32. The van der Waals surface area contributed by atoms with Crippen LogP contribution in [0.1, 0.15) is 33.1 Å². The summed E-state index contributed by atoms with van der Waals surface area (Å²) >= 11 is 9.36. The topological polar surface area (TPSA) is 76.0 Å². The Labute approximate surface area is 181 Å². The van der Waals surface area contributed by atoms with E-state index in [4.69, 9.17) is 11.6 Å². The summed E-state index contributed by atoms with van der Waals surface area (Å²) in [6, 6.07) is 13.5. The minimum Gasteiger partial charge on any atom is -0.339 e. The zero-order valence-electron chi connectivity index (χ0n) is 15.7. The molecule has 1 aliphatic heterocycles. The van der Waals surface area contributed by atoms with Crippen LogP contribution in [0.15, 0.2) is 53.0 Å². The maximum Gasteiger partial charge on any atom is 0.251 e. The largest absolute Gasteiger partial charge is 0.339 e. The van der Waals surface area contributed by atoms with Crippen LogP contribution in [0, 0.1) is 6.92 Å². The number of hydrogen-bond acceptors (Lipinski definition) is 3. The molecule has 8 heteroatoms. The Morgan fingerprint density at radius 2 is 1.83 bits per heavy atom. The Bertz CT molecular complexity index is 1090. The van der Waals surface area contributed by atoms with Crippen molar-refractivity contribution < 1.29 is 9.59 Å². The van der Waals surface area contributed by atoms with Gasteiger partial charge >= 0.3 is 0 Å². The predicted octanol–water partition coefficient (Wildman–Crippen LogP) is 4.03. The number of amides is 2. The van der Waals surface area contributed by atoms with E-state index in [1.807, 2.05) is 31.2 Å². The van der Waals surface area contributed by atoms with Crippen LogP contribution in [0.4, 0.5) is 5.82 Å². The number of hydrogen-bond donors (Lipinski definition) is 2. The maximum absolute atomic E-state index is 13.0. The van der Waals surface area contributed by atoms with Crippen molar-refractivity contribution in [1.29, 1.82) is 0 Å². The molecule has 1 aromatic heterocycles. The fraction of sp³-hybridized carbons (Fsp3) is 0.190. The van der Waals surface area contributed by atoms with E-state index in [0.717, 1.165) is 21.3 Å². The van der Waals surface area contributed by atoms with Crippen molar-refractivity contribution in [1.82, 2.24) is 15.1 Å². The molecule has 0 fully saturated rings. The summed E-state index contributed by atoms with van der Waals surface area (Å²) < 4.78 is 2.59. The lowest BCUT2D eigenvalue weighted by molar-refractivity contribution is -0.118. The summed E-state index contributed by atoms with van der Waals surface area (Å²) in [4.78, 5) is 25.8. The van der Waals surface area contributed by atoms with Gasteiger partial charge in [0.1, 0.15) is 11.9 Å². The van der Waals surface area contributed by atoms with Crippen LogP contribution in [-0.4, -0.2) is 27.6 Å². The van der Waals surface area contributed by atoms with Crippen molar-refractivity contribution in [2.45, 2.75) is 18.9 Å². The highest BCUT2D eigenvalue weighted by molar-refractivity contribution is 9.10. The molecule has 29 heavy (non-hydrogen) atoms. The molecule has 2 amide bonds. The smallest absolute Gasteiger partial charge is 0.251 e. The van der Waals surface area contributed by atoms with E-state index in [0.29, 0.717) is 16.4 Å². The third-order valence-corrected chi connectivity index (χ3v) is 5.84. The second-order valence-corrected chi connectivity index (χ2v) is 8.30. The molecule has 2 atom stereocenters. The van der Waals surface area contributed by atoms with E-state index in [1.165, 1.54) is 0 Å². The Kier molecular flexibility index (Phi) is 5.19. The highest BCUT2D eigenvalue weighted by Gasteiger charge is 2.41. The van der Waals surface area contributed by atoms with E-state index in [2.05, 4.69) is 31.7 Å². The molecule has 4 rings (SSSR count). The molecule has 2 aromatic carbocycles. The van der Waals surface area contributed by atoms with Gasteiger partial charge in [-0.05, 0) is 48.9 Å². The Morgan fingerprint density at radius 1 is 1.17 bits per heavy atom. The fourth-order valence-corrected chi connectivity index (χ4v) is 4.10. The van der Waals surface area contributed by atoms with Crippen LogP contribution in [0.3, 0.4) is 0 Å². The first-order valence-corrected chi connectivity index (χ1v) is 10.2. The monoisotopic (exact) mass is 472 g/mol. The molecule has 2 heterocycles. The van der Waals surface area contributed by atoms with Crippen molar-refractivity contribution >= 4 is 45.2 Å². The third-order valence-electron chi connectivity index (χ3n) is 5.06. The highest BCUT2D eigenvalue weighted by atomic mass is 79.9. The molecule has 0 spiro atoms. The number of halogens is 2. The highest BCUT2D eigenvalue weighted by Crippen LogP contribution is 2.39. The number of aromatic nitrogens is 2. The van der Waals surface area contributed by atoms with Crippen LogP contribution in [0.2, 0.25) is 5.02 Å². The summed E-state index contributed by atoms with van der Waals surface area (Å²) in [5.74, 6) is -0.334. The molecule has 0 unspecified atom stereocenters. The number of nitrogens with zero attached hydrogens (tertiary/aromatic N) is 2. The Hall–Kier alpha value is -2.64. The lowest BCUT2D eigenvalue weighted by Crippen LogP contribution is -2.50. The summed E-state index contributed by atoms with van der Waals surface area (Å²) in [7, 11) is 1.79. The van der Waals surface area contributed by atoms with Gasteiger partial charge in [-0.15, -0.1) is 0 Å². The van der Waals surface area contributed by atoms with E-state index >= 15 is 0 Å². The summed E-state index contributed by atoms with van der Waals surface area (Å²) in [6.07, 6.45) is 0. The molecular weight excluding hydrogens is 456 g/mol. The van der Waals surface area contributed by atoms with Gasteiger partial charge in [-0.1, -0.05) is 39.7 Å². The van der Waals surface area contributed by atoms with Gasteiger partial charge in [-0.25, -0.2) is 0 Å². The van der Waals surface area contributed by atoms with Crippen molar-refractivity contribution in [2.75, 3.05) is 5.32 Å². The van der Waals surface area contributed by atoms with Gasteiger partial charge in [0.15, 0.2) is 0 Å². The minimum atomic E-state index is -0.783. The standard InChI is InChI=1S/C21H18BrClN4O2/c1-11-16-17(12-3-7-14(22)8-4-12)18(21(29)25-19(16)27(2)26-11)24-20(28)13-5-9-15(23)10-6-13/h3-10,17-18H,1-2H3,(H,24,28)(H,25,29)/t17-,18-/m0/s1. The number of carbonyl (C=O) groups is 2. The van der Waals surface area contributed by atoms with Crippen LogP contribution < -0.4 is 10.6 Å². The number of carbonyl (C=O) groups excluding carboxylic acids is 2. The first kappa shape index (κ1) is 19.7. The molecule has 0 bridgehead atoms. The third kappa shape index (κ3) is 3.68. The second kappa shape index (κ2) is 7.65. The van der Waals surface area contributed by atoms with E-state index in [1.54, 1.807) is 36.0 Å². The van der Waals surface area contributed by atoms with E-state index in [-0.39, 0.29) is 17.7 Å². The molecule has 2 N–H and O–H groups in total. The number of benzene rings is 2. The molecule has 1 aliphatic rings. The van der Waals surface area contributed by atoms with Gasteiger partial charge < -0.3 is 10.6 Å². The normalized spacial score (nSPS) is 18.1. The Balaban J connectivity index is 1.77. The quantitative estimate of drug-likeness (QED) is 0.603. The first-order chi connectivity index (χ1) is 13.8. The van der Waals surface area contributed by atoms with Gasteiger partial charge in [0.25, 0.3) is 5.91 Å². The van der Waals surface area contributed by atoms with Gasteiger partial charge in [0.2, 0.25) is 5.91 Å².